The first-order chi connectivity index (χ1) is 7.63. The highest BCUT2D eigenvalue weighted by Crippen LogP contribution is 2.22. The van der Waals surface area contributed by atoms with E-state index in [0.29, 0.717) is 23.4 Å². The number of halogens is 2. The number of rotatable bonds is 3. The van der Waals surface area contributed by atoms with Crippen LogP contribution in [-0.2, 0) is 6.42 Å². The molecule has 0 fully saturated rings. The standard InChI is InChI=1S/C11H9Cl2NO2/c12-5-7(13)4-6-2-1-3-8-9(6)11(16)14-10(8)15/h1-3,7H,4-5H2,(H,14,15,16). The first-order valence-electron chi connectivity index (χ1n) is 4.81. The summed E-state index contributed by atoms with van der Waals surface area (Å²) in [6.45, 7) is 0. The van der Waals surface area contributed by atoms with E-state index in [-0.39, 0.29) is 17.2 Å². The Labute approximate surface area is 103 Å². The van der Waals surface area contributed by atoms with Crippen molar-refractivity contribution < 1.29 is 9.59 Å². The summed E-state index contributed by atoms with van der Waals surface area (Å²) in [4.78, 5) is 23.0. The maximum Gasteiger partial charge on any atom is 0.259 e. The molecule has 1 aromatic rings. The molecule has 2 amide bonds. The number of carbonyl (C=O) groups is 2. The van der Waals surface area contributed by atoms with Gasteiger partial charge in [-0.15, -0.1) is 23.2 Å². The molecule has 1 aliphatic rings. The molecular weight excluding hydrogens is 249 g/mol. The largest absolute Gasteiger partial charge is 0.288 e. The Hall–Kier alpha value is -1.06. The third-order valence-electron chi connectivity index (χ3n) is 2.46. The van der Waals surface area contributed by atoms with Gasteiger partial charge in [0.25, 0.3) is 11.8 Å². The highest BCUT2D eigenvalue weighted by Gasteiger charge is 2.29. The number of hydrogen-bond donors (Lipinski definition) is 1. The number of hydrogen-bond acceptors (Lipinski definition) is 2. The van der Waals surface area contributed by atoms with E-state index in [0.717, 1.165) is 5.56 Å². The maximum atomic E-state index is 11.6. The monoisotopic (exact) mass is 257 g/mol. The minimum Gasteiger partial charge on any atom is -0.288 e. The quantitative estimate of drug-likeness (QED) is 0.665. The summed E-state index contributed by atoms with van der Waals surface area (Å²) in [6, 6.07) is 5.16. The molecule has 1 aromatic carbocycles. The van der Waals surface area contributed by atoms with Gasteiger partial charge < -0.3 is 0 Å². The summed E-state index contributed by atoms with van der Waals surface area (Å²) < 4.78 is 0. The van der Waals surface area contributed by atoms with Crippen LogP contribution in [0.1, 0.15) is 26.3 Å². The zero-order valence-electron chi connectivity index (χ0n) is 8.30. The van der Waals surface area contributed by atoms with Crippen LogP contribution in [0, 0.1) is 0 Å². The Bertz CT molecular complexity index is 459. The second-order valence-corrected chi connectivity index (χ2v) is 4.50. The molecular formula is C11H9Cl2NO2. The molecule has 16 heavy (non-hydrogen) atoms. The van der Waals surface area contributed by atoms with Crippen molar-refractivity contribution in [1.82, 2.24) is 5.32 Å². The summed E-state index contributed by atoms with van der Waals surface area (Å²) >= 11 is 11.6. The molecule has 84 valence electrons. The van der Waals surface area contributed by atoms with Gasteiger partial charge >= 0.3 is 0 Å². The van der Waals surface area contributed by atoms with Crippen LogP contribution in [0.2, 0.25) is 0 Å². The summed E-state index contributed by atoms with van der Waals surface area (Å²) in [7, 11) is 0. The highest BCUT2D eigenvalue weighted by atomic mass is 35.5. The summed E-state index contributed by atoms with van der Waals surface area (Å²) in [5, 5.41) is 2.02. The van der Waals surface area contributed by atoms with Crippen molar-refractivity contribution in [1.29, 1.82) is 0 Å². The molecule has 2 rings (SSSR count). The molecule has 1 atom stereocenters. The highest BCUT2D eigenvalue weighted by molar-refractivity contribution is 6.28. The fourth-order valence-corrected chi connectivity index (χ4v) is 2.03. The van der Waals surface area contributed by atoms with E-state index < -0.39 is 0 Å². The average Bonchev–Trinajstić information content (AvgIpc) is 2.56. The van der Waals surface area contributed by atoms with Crippen LogP contribution in [0.3, 0.4) is 0 Å². The van der Waals surface area contributed by atoms with E-state index in [1.165, 1.54) is 0 Å². The van der Waals surface area contributed by atoms with Gasteiger partial charge in [0.2, 0.25) is 0 Å². The van der Waals surface area contributed by atoms with Gasteiger partial charge in [-0.2, -0.15) is 0 Å². The lowest BCUT2D eigenvalue weighted by Crippen LogP contribution is -2.20. The molecule has 1 N–H and O–H groups in total. The average molecular weight is 258 g/mol. The maximum absolute atomic E-state index is 11.6. The molecule has 0 spiro atoms. The lowest BCUT2D eigenvalue weighted by Gasteiger charge is -2.08. The molecule has 0 saturated carbocycles. The van der Waals surface area contributed by atoms with E-state index >= 15 is 0 Å². The molecule has 0 saturated heterocycles. The van der Waals surface area contributed by atoms with E-state index in [9.17, 15) is 9.59 Å². The Morgan fingerprint density at radius 3 is 2.69 bits per heavy atom. The zero-order valence-corrected chi connectivity index (χ0v) is 9.81. The molecule has 1 aliphatic heterocycles. The number of imide groups is 1. The van der Waals surface area contributed by atoms with Gasteiger partial charge in [0.1, 0.15) is 0 Å². The van der Waals surface area contributed by atoms with E-state index in [1.807, 2.05) is 0 Å². The Morgan fingerprint density at radius 1 is 1.25 bits per heavy atom. The minimum atomic E-state index is -0.353. The van der Waals surface area contributed by atoms with Gasteiger partial charge in [0.15, 0.2) is 0 Å². The van der Waals surface area contributed by atoms with Gasteiger partial charge in [-0.05, 0) is 18.1 Å². The van der Waals surface area contributed by atoms with E-state index in [2.05, 4.69) is 5.32 Å². The van der Waals surface area contributed by atoms with Gasteiger partial charge in [0.05, 0.1) is 16.5 Å². The molecule has 0 radical (unpaired) electrons. The SMILES string of the molecule is O=C1NC(=O)c2c(CC(Cl)CCl)cccc21. The van der Waals surface area contributed by atoms with Crippen LogP contribution in [-0.4, -0.2) is 23.1 Å². The Morgan fingerprint density at radius 2 is 2.00 bits per heavy atom. The topological polar surface area (TPSA) is 46.2 Å². The third-order valence-corrected chi connectivity index (χ3v) is 3.30. The molecule has 3 nitrogen and oxygen atoms in total. The minimum absolute atomic E-state index is 0.239. The summed E-state index contributed by atoms with van der Waals surface area (Å²) in [5.74, 6) is -0.395. The summed E-state index contributed by atoms with van der Waals surface area (Å²) in [5.41, 5.74) is 1.62. The number of amides is 2. The van der Waals surface area contributed by atoms with Crippen molar-refractivity contribution >= 4 is 35.0 Å². The molecule has 0 aromatic heterocycles. The predicted molar refractivity (Wildman–Crippen MR) is 62.3 cm³/mol. The molecule has 5 heteroatoms. The normalized spacial score (nSPS) is 15.9. The van der Waals surface area contributed by atoms with Crippen LogP contribution < -0.4 is 5.32 Å². The second-order valence-electron chi connectivity index (χ2n) is 3.58. The van der Waals surface area contributed by atoms with Crippen molar-refractivity contribution in [3.63, 3.8) is 0 Å². The number of carbonyl (C=O) groups excluding carboxylic acids is 2. The van der Waals surface area contributed by atoms with Crippen molar-refractivity contribution in [3.8, 4) is 0 Å². The van der Waals surface area contributed by atoms with Crippen molar-refractivity contribution in [3.05, 3.63) is 34.9 Å². The zero-order chi connectivity index (χ0) is 11.7. The molecule has 0 bridgehead atoms. The number of benzene rings is 1. The van der Waals surface area contributed by atoms with Gasteiger partial charge in [0, 0.05) is 5.88 Å². The third kappa shape index (κ3) is 1.93. The predicted octanol–water partition coefficient (Wildman–Crippen LogP) is 1.96. The van der Waals surface area contributed by atoms with Crippen LogP contribution in [0.25, 0.3) is 0 Å². The van der Waals surface area contributed by atoms with Crippen LogP contribution >= 0.6 is 23.2 Å². The molecule has 1 unspecified atom stereocenters. The van der Waals surface area contributed by atoms with Crippen molar-refractivity contribution in [2.75, 3.05) is 5.88 Å². The van der Waals surface area contributed by atoms with Crippen LogP contribution in [0.5, 0.6) is 0 Å². The van der Waals surface area contributed by atoms with Gasteiger partial charge in [-0.25, -0.2) is 0 Å². The smallest absolute Gasteiger partial charge is 0.259 e. The van der Waals surface area contributed by atoms with Crippen molar-refractivity contribution in [2.24, 2.45) is 0 Å². The van der Waals surface area contributed by atoms with Crippen LogP contribution in [0.4, 0.5) is 0 Å². The second kappa shape index (κ2) is 4.44. The van der Waals surface area contributed by atoms with Crippen molar-refractivity contribution in [2.45, 2.75) is 11.8 Å². The van der Waals surface area contributed by atoms with Gasteiger partial charge in [-0.1, -0.05) is 12.1 Å². The summed E-state index contributed by atoms with van der Waals surface area (Å²) in [6.07, 6.45) is 0.481. The van der Waals surface area contributed by atoms with E-state index in [4.69, 9.17) is 23.2 Å². The fourth-order valence-electron chi connectivity index (χ4n) is 1.75. The number of fused-ring (bicyclic) bond motifs is 1. The molecule has 1 heterocycles. The number of alkyl halides is 2. The molecule has 0 aliphatic carbocycles. The fraction of sp³-hybridized carbons (Fsp3) is 0.273. The first-order valence-corrected chi connectivity index (χ1v) is 5.78. The Balaban J connectivity index is 2.41. The van der Waals surface area contributed by atoms with E-state index in [1.54, 1.807) is 18.2 Å². The lowest BCUT2D eigenvalue weighted by atomic mass is 9.99. The number of nitrogens with one attached hydrogen (secondary N) is 1. The Kier molecular flexibility index (Phi) is 3.17. The van der Waals surface area contributed by atoms with Crippen LogP contribution in [0.15, 0.2) is 18.2 Å². The van der Waals surface area contributed by atoms with Gasteiger partial charge in [-0.3, -0.25) is 14.9 Å². The first kappa shape index (κ1) is 11.4. The lowest BCUT2D eigenvalue weighted by molar-refractivity contribution is 0.0879.